The first-order chi connectivity index (χ1) is 11.1. The molecule has 0 radical (unpaired) electrons. The Balaban J connectivity index is 1.82. The van der Waals surface area contributed by atoms with Crippen molar-refractivity contribution in [2.75, 3.05) is 0 Å². The number of amides is 1. The maximum atomic E-state index is 11.9. The van der Waals surface area contributed by atoms with Crippen LogP contribution in [-0.2, 0) is 20.9 Å². The van der Waals surface area contributed by atoms with Crippen LogP contribution in [0, 0.1) is 0 Å². The third kappa shape index (κ3) is 5.65. The first-order valence-corrected chi connectivity index (χ1v) is 8.67. The molecule has 0 bridgehead atoms. The Morgan fingerprint density at radius 3 is 2.78 bits per heavy atom. The fraction of sp³-hybridized carbons (Fsp3) is 0.176. The van der Waals surface area contributed by atoms with Gasteiger partial charge in [-0.3, -0.25) is 4.79 Å². The van der Waals surface area contributed by atoms with Crippen molar-refractivity contribution >= 4 is 45.2 Å². The Morgan fingerprint density at radius 2 is 2.09 bits per heavy atom. The second-order valence-electron chi connectivity index (χ2n) is 4.73. The number of thiophene rings is 1. The van der Waals surface area contributed by atoms with E-state index in [1.54, 1.807) is 24.3 Å². The quantitative estimate of drug-likeness (QED) is 0.600. The van der Waals surface area contributed by atoms with Crippen molar-refractivity contribution in [1.29, 1.82) is 0 Å². The lowest BCUT2D eigenvalue weighted by Crippen LogP contribution is -2.34. The zero-order chi connectivity index (χ0) is 16.7. The summed E-state index contributed by atoms with van der Waals surface area (Å²) in [7, 11) is 0. The van der Waals surface area contributed by atoms with E-state index < -0.39 is 12.1 Å². The van der Waals surface area contributed by atoms with E-state index in [2.05, 4.69) is 21.2 Å². The molecule has 0 aliphatic rings. The van der Waals surface area contributed by atoms with Crippen molar-refractivity contribution in [2.45, 2.75) is 19.6 Å². The Hall–Kier alpha value is -1.92. The number of nitrogens with one attached hydrogen (secondary N) is 1. The summed E-state index contributed by atoms with van der Waals surface area (Å²) in [5.41, 5.74) is 0.860. The molecule has 1 aromatic heterocycles. The molecule has 4 nitrogen and oxygen atoms in total. The summed E-state index contributed by atoms with van der Waals surface area (Å²) in [4.78, 5) is 24.7. The summed E-state index contributed by atoms with van der Waals surface area (Å²) in [6.45, 7) is 1.99. The van der Waals surface area contributed by atoms with Gasteiger partial charge in [0.05, 0.1) is 6.54 Å². The van der Waals surface area contributed by atoms with Gasteiger partial charge in [0.15, 0.2) is 6.10 Å². The number of hydrogen-bond acceptors (Lipinski definition) is 4. The lowest BCUT2D eigenvalue weighted by Gasteiger charge is -2.11. The summed E-state index contributed by atoms with van der Waals surface area (Å²) in [6.07, 6.45) is 2.11. The van der Waals surface area contributed by atoms with Gasteiger partial charge in [-0.25, -0.2) is 4.79 Å². The number of esters is 1. The van der Waals surface area contributed by atoms with Gasteiger partial charge in [-0.05, 0) is 36.1 Å². The summed E-state index contributed by atoms with van der Waals surface area (Å²) in [5, 5.41) is 4.68. The number of benzene rings is 1. The maximum absolute atomic E-state index is 11.9. The van der Waals surface area contributed by atoms with Crippen molar-refractivity contribution in [1.82, 2.24) is 5.32 Å². The molecular formula is C17H16BrNO3S. The molecule has 0 fully saturated rings. The average Bonchev–Trinajstić information content (AvgIpc) is 3.05. The summed E-state index contributed by atoms with van der Waals surface area (Å²) < 4.78 is 5.97. The first kappa shape index (κ1) is 17.4. The summed E-state index contributed by atoms with van der Waals surface area (Å²) in [5.74, 6) is -0.874. The van der Waals surface area contributed by atoms with Crippen LogP contribution in [0.4, 0.5) is 0 Å². The van der Waals surface area contributed by atoms with Gasteiger partial charge in [-0.1, -0.05) is 40.2 Å². The van der Waals surface area contributed by atoms with Crippen LogP contribution < -0.4 is 5.32 Å². The van der Waals surface area contributed by atoms with E-state index in [1.165, 1.54) is 6.08 Å². The van der Waals surface area contributed by atoms with Crippen molar-refractivity contribution < 1.29 is 14.3 Å². The molecule has 1 atom stereocenters. The van der Waals surface area contributed by atoms with Crippen molar-refractivity contribution in [3.05, 3.63) is 62.8 Å². The molecule has 2 rings (SSSR count). The van der Waals surface area contributed by atoms with Crippen molar-refractivity contribution in [3.63, 3.8) is 0 Å². The fourth-order valence-corrected chi connectivity index (χ4v) is 2.83. The molecule has 0 spiro atoms. The van der Waals surface area contributed by atoms with Crippen LogP contribution in [-0.4, -0.2) is 18.0 Å². The topological polar surface area (TPSA) is 55.4 Å². The van der Waals surface area contributed by atoms with E-state index in [1.807, 2.05) is 41.8 Å². The van der Waals surface area contributed by atoms with Gasteiger partial charge in [0.25, 0.3) is 5.91 Å². The minimum Gasteiger partial charge on any atom is -0.449 e. The minimum absolute atomic E-state index is 0.318. The van der Waals surface area contributed by atoms with Gasteiger partial charge in [0.2, 0.25) is 0 Å². The molecule has 0 unspecified atom stereocenters. The molecule has 1 aromatic carbocycles. The summed E-state index contributed by atoms with van der Waals surface area (Å²) in [6, 6.07) is 11.4. The minimum atomic E-state index is -0.841. The molecule has 120 valence electrons. The Bertz CT molecular complexity index is 698. The average molecular weight is 394 g/mol. The third-order valence-electron chi connectivity index (χ3n) is 2.98. The largest absolute Gasteiger partial charge is 0.449 e. The second kappa shape index (κ2) is 8.64. The van der Waals surface area contributed by atoms with Crippen LogP contribution in [0.3, 0.4) is 0 Å². The van der Waals surface area contributed by atoms with Gasteiger partial charge < -0.3 is 10.1 Å². The molecule has 1 amide bonds. The molecule has 0 aliphatic carbocycles. The molecule has 1 N–H and O–H groups in total. The molecule has 6 heteroatoms. The zero-order valence-electron chi connectivity index (χ0n) is 12.5. The Labute approximate surface area is 147 Å². The molecule has 0 aliphatic heterocycles. The van der Waals surface area contributed by atoms with E-state index in [0.717, 1.165) is 14.9 Å². The predicted octanol–water partition coefficient (Wildman–Crippen LogP) is 3.77. The lowest BCUT2D eigenvalue weighted by molar-refractivity contribution is -0.150. The second-order valence-corrected chi connectivity index (χ2v) is 6.62. The highest BCUT2D eigenvalue weighted by Gasteiger charge is 2.16. The molecule has 1 heterocycles. The van der Waals surface area contributed by atoms with Crippen molar-refractivity contribution in [2.24, 2.45) is 0 Å². The fourth-order valence-electron chi connectivity index (χ4n) is 1.77. The molecule has 0 saturated carbocycles. The van der Waals surface area contributed by atoms with E-state index in [-0.39, 0.29) is 5.91 Å². The molecule has 23 heavy (non-hydrogen) atoms. The van der Waals surface area contributed by atoms with Crippen LogP contribution in [0.15, 0.2) is 52.3 Å². The number of carbonyl (C=O) groups excluding carboxylic acids is 2. The highest BCUT2D eigenvalue weighted by atomic mass is 79.9. The Kier molecular flexibility index (Phi) is 6.55. The van der Waals surface area contributed by atoms with E-state index in [9.17, 15) is 9.59 Å². The number of ether oxygens (including phenoxy) is 1. The lowest BCUT2D eigenvalue weighted by atomic mass is 10.2. The molecular weight excluding hydrogens is 378 g/mol. The van der Waals surface area contributed by atoms with E-state index in [4.69, 9.17) is 4.74 Å². The highest BCUT2D eigenvalue weighted by Crippen LogP contribution is 2.17. The standard InChI is InChI=1S/C17H16BrNO3S/c1-12(17(21)19-11-14-6-4-10-23-14)22-16(20)9-8-13-5-2-3-7-15(13)18/h2-10,12H,11H2,1H3,(H,19,21)/b9-8+/t12-/m1/s1. The van der Waals surface area contributed by atoms with E-state index in [0.29, 0.717) is 6.54 Å². The van der Waals surface area contributed by atoms with Crippen LogP contribution in [0.1, 0.15) is 17.4 Å². The first-order valence-electron chi connectivity index (χ1n) is 6.99. The molecule has 0 saturated heterocycles. The smallest absolute Gasteiger partial charge is 0.331 e. The number of carbonyl (C=O) groups is 2. The van der Waals surface area contributed by atoms with Crippen LogP contribution in [0.5, 0.6) is 0 Å². The number of rotatable bonds is 6. The SMILES string of the molecule is C[C@@H](OC(=O)/C=C/c1ccccc1Br)C(=O)NCc1cccs1. The Morgan fingerprint density at radius 1 is 1.30 bits per heavy atom. The van der Waals surface area contributed by atoms with Crippen LogP contribution >= 0.6 is 27.3 Å². The number of halogens is 1. The summed E-state index contributed by atoms with van der Waals surface area (Å²) >= 11 is 4.95. The van der Waals surface area contributed by atoms with Gasteiger partial charge in [0, 0.05) is 15.4 Å². The van der Waals surface area contributed by atoms with Crippen LogP contribution in [0.25, 0.3) is 6.08 Å². The predicted molar refractivity (Wildman–Crippen MR) is 94.9 cm³/mol. The normalized spacial score (nSPS) is 12.1. The number of hydrogen-bond donors (Lipinski definition) is 1. The monoisotopic (exact) mass is 393 g/mol. The zero-order valence-corrected chi connectivity index (χ0v) is 14.9. The third-order valence-corrected chi connectivity index (χ3v) is 4.58. The van der Waals surface area contributed by atoms with Gasteiger partial charge in [-0.2, -0.15) is 0 Å². The van der Waals surface area contributed by atoms with Gasteiger partial charge in [-0.15, -0.1) is 11.3 Å². The maximum Gasteiger partial charge on any atom is 0.331 e. The van der Waals surface area contributed by atoms with Gasteiger partial charge >= 0.3 is 5.97 Å². The highest BCUT2D eigenvalue weighted by molar-refractivity contribution is 9.10. The van der Waals surface area contributed by atoms with Gasteiger partial charge in [0.1, 0.15) is 0 Å². The van der Waals surface area contributed by atoms with E-state index >= 15 is 0 Å². The van der Waals surface area contributed by atoms with Crippen molar-refractivity contribution in [3.8, 4) is 0 Å². The molecule has 2 aromatic rings. The van der Waals surface area contributed by atoms with Crippen LogP contribution in [0.2, 0.25) is 0 Å².